The Morgan fingerprint density at radius 2 is 1.71 bits per heavy atom. The van der Waals surface area contributed by atoms with Gasteiger partial charge in [-0.2, -0.15) is 5.10 Å². The average Bonchev–Trinajstić information content (AvgIpc) is 3.12. The minimum Gasteiger partial charge on any atom is -0.321 e. The van der Waals surface area contributed by atoms with Crippen LogP contribution in [0.3, 0.4) is 0 Å². The van der Waals surface area contributed by atoms with Crippen molar-refractivity contribution < 1.29 is 9.59 Å². The zero-order valence-electron chi connectivity index (χ0n) is 15.3. The Bertz CT molecular complexity index is 1060. The molecule has 0 saturated heterocycles. The summed E-state index contributed by atoms with van der Waals surface area (Å²) in [7, 11) is 0. The van der Waals surface area contributed by atoms with E-state index in [-0.39, 0.29) is 11.8 Å². The van der Waals surface area contributed by atoms with Crippen molar-refractivity contribution in [1.82, 2.24) is 5.43 Å². The minimum absolute atomic E-state index is 0.146. The average molecular weight is 456 g/mol. The summed E-state index contributed by atoms with van der Waals surface area (Å²) >= 11 is 4.79. The van der Waals surface area contributed by atoms with Crippen LogP contribution in [-0.2, 0) is 0 Å². The van der Waals surface area contributed by atoms with Gasteiger partial charge in [0.15, 0.2) is 0 Å². The van der Waals surface area contributed by atoms with Crippen molar-refractivity contribution >= 4 is 50.5 Å². The molecule has 2 N–H and O–H groups in total. The number of carbonyl (C=O) groups excluding carboxylic acids is 2. The van der Waals surface area contributed by atoms with E-state index in [9.17, 15) is 9.59 Å². The van der Waals surface area contributed by atoms with Gasteiger partial charge in [0.05, 0.1) is 10.6 Å². The number of hydrogen-bond donors (Lipinski definition) is 2. The fourth-order valence-electron chi connectivity index (χ4n) is 2.46. The van der Waals surface area contributed by atoms with Gasteiger partial charge < -0.3 is 5.32 Å². The first-order valence-corrected chi connectivity index (χ1v) is 10.1. The van der Waals surface area contributed by atoms with Gasteiger partial charge in [-0.1, -0.05) is 34.1 Å². The molecule has 0 atom stereocenters. The van der Waals surface area contributed by atoms with Gasteiger partial charge in [-0.15, -0.1) is 11.3 Å². The van der Waals surface area contributed by atoms with Crippen LogP contribution in [0.25, 0.3) is 0 Å². The maximum absolute atomic E-state index is 12.3. The summed E-state index contributed by atoms with van der Waals surface area (Å²) in [6, 6.07) is 18.1. The number of halogens is 1. The molecular weight excluding hydrogens is 438 g/mol. The number of thiophene rings is 1. The van der Waals surface area contributed by atoms with Crippen molar-refractivity contribution in [3.8, 4) is 0 Å². The highest BCUT2D eigenvalue weighted by atomic mass is 79.9. The summed E-state index contributed by atoms with van der Waals surface area (Å²) in [5.74, 6) is -0.439. The normalized spacial score (nSPS) is 11.2. The second-order valence-corrected chi connectivity index (χ2v) is 8.30. The van der Waals surface area contributed by atoms with Crippen molar-refractivity contribution in [2.24, 2.45) is 5.10 Å². The Morgan fingerprint density at radius 3 is 2.43 bits per heavy atom. The largest absolute Gasteiger partial charge is 0.321 e. The second kappa shape index (κ2) is 8.95. The first-order valence-electron chi connectivity index (χ1n) is 8.51. The van der Waals surface area contributed by atoms with Crippen molar-refractivity contribution in [2.45, 2.75) is 13.8 Å². The van der Waals surface area contributed by atoms with Crippen LogP contribution in [0.1, 0.15) is 37.4 Å². The SMILES string of the molecule is CC(=NNC(=O)c1cccc(Br)c1)c1cccc(NC(=O)c2ccc(C)s2)c1. The van der Waals surface area contributed by atoms with Crippen LogP contribution in [0.5, 0.6) is 0 Å². The van der Waals surface area contributed by atoms with Crippen molar-refractivity contribution in [3.63, 3.8) is 0 Å². The number of carbonyl (C=O) groups is 2. The maximum atomic E-state index is 12.3. The fraction of sp³-hybridized carbons (Fsp3) is 0.0952. The van der Waals surface area contributed by atoms with Crippen LogP contribution in [0.2, 0.25) is 0 Å². The van der Waals surface area contributed by atoms with Gasteiger partial charge >= 0.3 is 0 Å². The molecule has 2 aromatic carbocycles. The Balaban J connectivity index is 1.69. The summed E-state index contributed by atoms with van der Waals surface area (Å²) in [5, 5.41) is 7.06. The summed E-state index contributed by atoms with van der Waals surface area (Å²) in [5.41, 5.74) is 5.17. The first-order chi connectivity index (χ1) is 13.4. The molecular formula is C21H18BrN3O2S. The molecule has 1 aromatic heterocycles. The lowest BCUT2D eigenvalue weighted by atomic mass is 10.1. The van der Waals surface area contributed by atoms with Crippen LogP contribution in [0, 0.1) is 6.92 Å². The van der Waals surface area contributed by atoms with E-state index >= 15 is 0 Å². The predicted octanol–water partition coefficient (Wildman–Crippen LogP) is 5.23. The molecule has 0 aliphatic carbocycles. The molecule has 0 aliphatic rings. The van der Waals surface area contributed by atoms with Crippen LogP contribution in [0.4, 0.5) is 5.69 Å². The second-order valence-electron chi connectivity index (χ2n) is 6.09. The fourth-order valence-corrected chi connectivity index (χ4v) is 3.63. The Hall–Kier alpha value is -2.77. The smallest absolute Gasteiger partial charge is 0.271 e. The molecule has 142 valence electrons. The van der Waals surface area contributed by atoms with E-state index < -0.39 is 0 Å². The lowest BCUT2D eigenvalue weighted by Crippen LogP contribution is -2.19. The van der Waals surface area contributed by atoms with E-state index in [4.69, 9.17) is 0 Å². The number of hydrazone groups is 1. The molecule has 28 heavy (non-hydrogen) atoms. The van der Waals surface area contributed by atoms with Crippen LogP contribution >= 0.6 is 27.3 Å². The highest BCUT2D eigenvalue weighted by Gasteiger charge is 2.10. The van der Waals surface area contributed by atoms with E-state index in [1.165, 1.54) is 11.3 Å². The van der Waals surface area contributed by atoms with Gasteiger partial charge in [-0.3, -0.25) is 9.59 Å². The lowest BCUT2D eigenvalue weighted by Gasteiger charge is -2.07. The maximum Gasteiger partial charge on any atom is 0.271 e. The summed E-state index contributed by atoms with van der Waals surface area (Å²) < 4.78 is 0.824. The number of benzene rings is 2. The molecule has 0 spiro atoms. The van der Waals surface area contributed by atoms with Crippen LogP contribution in [0.15, 0.2) is 70.2 Å². The highest BCUT2D eigenvalue weighted by Crippen LogP contribution is 2.18. The molecule has 0 aliphatic heterocycles. The van der Waals surface area contributed by atoms with Gasteiger partial charge in [0.2, 0.25) is 0 Å². The van der Waals surface area contributed by atoms with E-state index in [1.807, 2.05) is 49.4 Å². The Morgan fingerprint density at radius 1 is 0.964 bits per heavy atom. The number of nitrogens with one attached hydrogen (secondary N) is 2. The minimum atomic E-state index is -0.293. The van der Waals surface area contributed by atoms with Gasteiger partial charge in [0.1, 0.15) is 0 Å². The first kappa shape index (κ1) is 20.0. The van der Waals surface area contributed by atoms with Crippen molar-refractivity contribution in [1.29, 1.82) is 0 Å². The molecule has 7 heteroatoms. The number of nitrogens with zero attached hydrogens (tertiary/aromatic N) is 1. The summed E-state index contributed by atoms with van der Waals surface area (Å²) in [6.45, 7) is 3.76. The Labute approximate surface area is 175 Å². The third-order valence-electron chi connectivity index (χ3n) is 3.91. The lowest BCUT2D eigenvalue weighted by molar-refractivity contribution is 0.0954. The van der Waals surface area contributed by atoms with Gasteiger partial charge in [-0.25, -0.2) is 5.43 Å². The molecule has 2 amide bonds. The number of aryl methyl sites for hydroxylation is 1. The zero-order valence-corrected chi connectivity index (χ0v) is 17.7. The van der Waals surface area contributed by atoms with Crippen LogP contribution in [-0.4, -0.2) is 17.5 Å². The molecule has 0 radical (unpaired) electrons. The molecule has 3 rings (SSSR count). The van der Waals surface area contributed by atoms with Gasteiger partial charge in [-0.05, 0) is 61.9 Å². The molecule has 1 heterocycles. The summed E-state index contributed by atoms with van der Waals surface area (Å²) in [4.78, 5) is 26.3. The molecule has 0 saturated carbocycles. The van der Waals surface area contributed by atoms with E-state index in [0.717, 1.165) is 14.9 Å². The topological polar surface area (TPSA) is 70.6 Å². The molecule has 5 nitrogen and oxygen atoms in total. The Kier molecular flexibility index (Phi) is 6.38. The molecule has 0 bridgehead atoms. The van der Waals surface area contributed by atoms with E-state index in [1.54, 1.807) is 25.1 Å². The van der Waals surface area contributed by atoms with E-state index in [2.05, 4.69) is 31.8 Å². The molecule has 0 fully saturated rings. The number of anilines is 1. The highest BCUT2D eigenvalue weighted by molar-refractivity contribution is 9.10. The quantitative estimate of drug-likeness (QED) is 0.408. The number of amides is 2. The summed E-state index contributed by atoms with van der Waals surface area (Å²) in [6.07, 6.45) is 0. The monoisotopic (exact) mass is 455 g/mol. The number of rotatable bonds is 5. The van der Waals surface area contributed by atoms with Crippen molar-refractivity contribution in [3.05, 3.63) is 86.0 Å². The third kappa shape index (κ3) is 5.15. The van der Waals surface area contributed by atoms with Gasteiger partial charge in [0, 0.05) is 20.6 Å². The standard InChI is InChI=1S/C21H18BrN3O2S/c1-13-9-10-19(28-13)21(27)23-18-8-4-5-15(12-18)14(2)24-25-20(26)16-6-3-7-17(22)11-16/h3-12H,1-2H3,(H,23,27)(H,25,26). The van der Waals surface area contributed by atoms with Gasteiger partial charge in [0.25, 0.3) is 11.8 Å². The number of hydrogen-bond acceptors (Lipinski definition) is 4. The third-order valence-corrected chi connectivity index (χ3v) is 5.41. The van der Waals surface area contributed by atoms with Crippen molar-refractivity contribution in [2.75, 3.05) is 5.32 Å². The molecule has 3 aromatic rings. The van der Waals surface area contributed by atoms with E-state index in [0.29, 0.717) is 21.8 Å². The zero-order chi connectivity index (χ0) is 20.1. The molecule has 0 unspecified atom stereocenters. The van der Waals surface area contributed by atoms with Crippen LogP contribution < -0.4 is 10.7 Å². The predicted molar refractivity (Wildman–Crippen MR) is 117 cm³/mol.